The minimum Gasteiger partial charge on any atom is -0.369 e. The van der Waals surface area contributed by atoms with Crippen molar-refractivity contribution < 1.29 is 18.0 Å². The Morgan fingerprint density at radius 2 is 2.03 bits per heavy atom. The molecule has 1 saturated heterocycles. The molecule has 0 aliphatic carbocycles. The molecule has 1 atom stereocenters. The maximum atomic E-state index is 13.1. The number of nitrogens with one attached hydrogen (secondary N) is 1. The molecular weight excluding hydrogens is 506 g/mol. The predicted octanol–water partition coefficient (Wildman–Crippen LogP) is 1.64. The second kappa shape index (κ2) is 9.28. The molecule has 200 valence electrons. The Bertz CT molecular complexity index is 1570. The number of sulfonamides is 1. The van der Waals surface area contributed by atoms with Gasteiger partial charge in [-0.25, -0.2) is 13.4 Å². The van der Waals surface area contributed by atoms with Crippen LogP contribution in [-0.4, -0.2) is 89.0 Å². The third-order valence-electron chi connectivity index (χ3n) is 7.95. The van der Waals surface area contributed by atoms with Crippen LogP contribution >= 0.6 is 0 Å². The molecule has 3 aliphatic rings. The van der Waals surface area contributed by atoms with Gasteiger partial charge in [0.2, 0.25) is 10.0 Å². The van der Waals surface area contributed by atoms with E-state index in [1.165, 1.54) is 10.6 Å². The predicted molar refractivity (Wildman–Crippen MR) is 144 cm³/mol. The van der Waals surface area contributed by atoms with Gasteiger partial charge in [-0.3, -0.25) is 9.59 Å². The SMILES string of the molecule is CS(=O)(=O)N1CC=C(c2cc3c(N4CCC[C@@H](N5CCn6ccnc6C5=O)C4)ccc(C(N)=O)c3[nH]2)CC1. The average Bonchev–Trinajstić information content (AvgIpc) is 3.56. The monoisotopic (exact) mass is 537 g/mol. The number of amides is 2. The number of H-pyrrole nitrogens is 1. The molecule has 0 unspecified atom stereocenters. The van der Waals surface area contributed by atoms with Crippen molar-refractivity contribution in [1.29, 1.82) is 0 Å². The van der Waals surface area contributed by atoms with E-state index in [0.29, 0.717) is 49.5 Å². The number of nitrogens with zero attached hydrogens (tertiary/aromatic N) is 5. The van der Waals surface area contributed by atoms with Crippen LogP contribution in [0.25, 0.3) is 16.5 Å². The first-order valence-corrected chi connectivity index (χ1v) is 14.7. The second-order valence-electron chi connectivity index (χ2n) is 10.3. The molecule has 0 saturated carbocycles. The Balaban J connectivity index is 1.32. The fraction of sp³-hybridized carbons (Fsp3) is 0.423. The van der Waals surface area contributed by atoms with Crippen molar-refractivity contribution in [3.05, 3.63) is 53.8 Å². The summed E-state index contributed by atoms with van der Waals surface area (Å²) in [5.41, 5.74) is 9.65. The fourth-order valence-corrected chi connectivity index (χ4v) is 6.73. The quantitative estimate of drug-likeness (QED) is 0.508. The zero-order valence-corrected chi connectivity index (χ0v) is 22.1. The van der Waals surface area contributed by atoms with Crippen LogP contribution in [0.15, 0.2) is 36.7 Å². The molecule has 0 radical (unpaired) electrons. The highest BCUT2D eigenvalue weighted by Crippen LogP contribution is 2.35. The van der Waals surface area contributed by atoms with Crippen LogP contribution < -0.4 is 10.6 Å². The van der Waals surface area contributed by atoms with Crippen molar-refractivity contribution in [3.8, 4) is 0 Å². The number of benzene rings is 1. The van der Waals surface area contributed by atoms with Crippen molar-refractivity contribution in [3.63, 3.8) is 0 Å². The van der Waals surface area contributed by atoms with Gasteiger partial charge < -0.3 is 25.1 Å². The van der Waals surface area contributed by atoms with Gasteiger partial charge in [0.05, 0.1) is 17.3 Å². The van der Waals surface area contributed by atoms with E-state index in [1.807, 2.05) is 33.9 Å². The standard InChI is InChI=1S/C26H31N7O4S/c1-38(36,37)32-10-6-17(7-11-32)21-15-20-22(5-4-19(24(27)34)23(20)29-21)31-9-2-3-18(16-31)33-14-13-30-12-8-28-25(30)26(33)35/h4-6,8,12,15,18,29H,2-3,7,9-11,13-14,16H2,1H3,(H2,27,34)/t18-/m1/s1. The molecule has 1 aromatic carbocycles. The van der Waals surface area contributed by atoms with Gasteiger partial charge in [0.15, 0.2) is 5.82 Å². The van der Waals surface area contributed by atoms with E-state index >= 15 is 0 Å². The number of carbonyl (C=O) groups excluding carboxylic acids is 2. The van der Waals surface area contributed by atoms with Crippen LogP contribution in [0.1, 0.15) is 45.9 Å². The van der Waals surface area contributed by atoms with Crippen LogP contribution in [0.5, 0.6) is 0 Å². The lowest BCUT2D eigenvalue weighted by molar-refractivity contribution is 0.0591. The Kier molecular flexibility index (Phi) is 6.03. The number of nitrogens with two attached hydrogens (primary N) is 1. The van der Waals surface area contributed by atoms with Gasteiger partial charge in [0, 0.05) is 74.5 Å². The van der Waals surface area contributed by atoms with E-state index in [9.17, 15) is 18.0 Å². The molecule has 0 bridgehead atoms. The second-order valence-corrected chi connectivity index (χ2v) is 12.2. The summed E-state index contributed by atoms with van der Waals surface area (Å²) >= 11 is 0. The summed E-state index contributed by atoms with van der Waals surface area (Å²) in [7, 11) is -3.25. The summed E-state index contributed by atoms with van der Waals surface area (Å²) < 4.78 is 27.2. The fourth-order valence-electron chi connectivity index (χ4n) is 5.96. The van der Waals surface area contributed by atoms with E-state index in [-0.39, 0.29) is 11.9 Å². The van der Waals surface area contributed by atoms with Gasteiger partial charge in [0.25, 0.3) is 11.8 Å². The van der Waals surface area contributed by atoms with Crippen LogP contribution in [0.3, 0.4) is 0 Å². The molecule has 2 aromatic heterocycles. The Morgan fingerprint density at radius 3 is 2.76 bits per heavy atom. The van der Waals surface area contributed by atoms with Crippen LogP contribution in [0.2, 0.25) is 0 Å². The lowest BCUT2D eigenvalue weighted by Gasteiger charge is -2.41. The Labute approximate surface area is 220 Å². The topological polar surface area (TPSA) is 138 Å². The number of hydrogen-bond acceptors (Lipinski definition) is 6. The third-order valence-corrected chi connectivity index (χ3v) is 9.22. The van der Waals surface area contributed by atoms with Crippen molar-refractivity contribution in [1.82, 2.24) is 23.7 Å². The zero-order chi connectivity index (χ0) is 26.6. The highest BCUT2D eigenvalue weighted by atomic mass is 32.2. The van der Waals surface area contributed by atoms with E-state index in [2.05, 4.69) is 14.9 Å². The van der Waals surface area contributed by atoms with Gasteiger partial charge in [-0.2, -0.15) is 4.31 Å². The van der Waals surface area contributed by atoms with Crippen LogP contribution in [0.4, 0.5) is 5.69 Å². The van der Waals surface area contributed by atoms with E-state index in [0.717, 1.165) is 48.3 Å². The number of aromatic amines is 1. The number of anilines is 1. The number of fused-ring (bicyclic) bond motifs is 2. The number of carbonyl (C=O) groups is 2. The Morgan fingerprint density at radius 1 is 1.18 bits per heavy atom. The van der Waals surface area contributed by atoms with E-state index in [1.54, 1.807) is 12.3 Å². The first-order chi connectivity index (χ1) is 18.2. The van der Waals surface area contributed by atoms with Crippen molar-refractivity contribution in [2.75, 3.05) is 43.9 Å². The van der Waals surface area contributed by atoms with Crippen molar-refractivity contribution in [2.45, 2.75) is 31.8 Å². The van der Waals surface area contributed by atoms with Crippen molar-refractivity contribution in [2.24, 2.45) is 5.73 Å². The number of aromatic nitrogens is 3. The molecule has 3 aliphatic heterocycles. The molecule has 1 fully saturated rings. The zero-order valence-electron chi connectivity index (χ0n) is 21.3. The van der Waals surface area contributed by atoms with Gasteiger partial charge in [-0.05, 0) is 43.0 Å². The highest BCUT2D eigenvalue weighted by molar-refractivity contribution is 7.88. The molecule has 6 rings (SSSR count). The van der Waals surface area contributed by atoms with Crippen LogP contribution in [0, 0.1) is 0 Å². The highest BCUT2D eigenvalue weighted by Gasteiger charge is 2.34. The molecule has 3 N–H and O–H groups in total. The normalized spacial score (nSPS) is 21.0. The maximum Gasteiger partial charge on any atom is 0.290 e. The Hall–Kier alpha value is -3.64. The average molecular weight is 538 g/mol. The molecule has 38 heavy (non-hydrogen) atoms. The maximum absolute atomic E-state index is 13.1. The summed E-state index contributed by atoms with van der Waals surface area (Å²) in [4.78, 5) is 37.3. The van der Waals surface area contributed by atoms with E-state index in [4.69, 9.17) is 5.73 Å². The van der Waals surface area contributed by atoms with E-state index < -0.39 is 15.9 Å². The number of hydrogen-bond donors (Lipinski definition) is 2. The molecule has 11 nitrogen and oxygen atoms in total. The van der Waals surface area contributed by atoms with Crippen LogP contribution in [-0.2, 0) is 16.6 Å². The number of primary amides is 1. The number of imidazole rings is 1. The molecule has 12 heteroatoms. The van der Waals surface area contributed by atoms with Gasteiger partial charge in [0.1, 0.15) is 0 Å². The summed E-state index contributed by atoms with van der Waals surface area (Å²) in [5.74, 6) is -0.0487. The molecule has 0 spiro atoms. The first kappa shape index (κ1) is 24.7. The van der Waals surface area contributed by atoms with Crippen molar-refractivity contribution >= 4 is 44.0 Å². The van der Waals surface area contributed by atoms with Gasteiger partial charge in [-0.15, -0.1) is 0 Å². The lowest BCUT2D eigenvalue weighted by atomic mass is 10.0. The summed E-state index contributed by atoms with van der Waals surface area (Å²) in [6.45, 7) is 3.64. The number of rotatable bonds is 5. The first-order valence-electron chi connectivity index (χ1n) is 12.9. The van der Waals surface area contributed by atoms with Gasteiger partial charge in [-0.1, -0.05) is 6.08 Å². The number of piperidine rings is 1. The smallest absolute Gasteiger partial charge is 0.290 e. The minimum atomic E-state index is -3.25. The molecule has 5 heterocycles. The van der Waals surface area contributed by atoms with Gasteiger partial charge >= 0.3 is 0 Å². The summed E-state index contributed by atoms with van der Waals surface area (Å²) in [6.07, 6.45) is 9.09. The lowest BCUT2D eigenvalue weighted by Crippen LogP contribution is -2.53. The largest absolute Gasteiger partial charge is 0.369 e. The minimum absolute atomic E-state index is 0.0290. The summed E-state index contributed by atoms with van der Waals surface area (Å²) in [6, 6.07) is 5.79. The molecular formula is C26H31N7O4S. The summed E-state index contributed by atoms with van der Waals surface area (Å²) in [5, 5.41) is 0.893. The molecule has 2 amide bonds. The molecule has 3 aromatic rings. The third kappa shape index (κ3) is 4.27.